The van der Waals surface area contributed by atoms with Gasteiger partial charge in [0.25, 0.3) is 0 Å². The fraction of sp³-hybridized carbons (Fsp3) is 0.375. The van der Waals surface area contributed by atoms with E-state index in [1.54, 1.807) is 44.4 Å². The monoisotopic (exact) mass is 519 g/mol. The van der Waals surface area contributed by atoms with Crippen molar-refractivity contribution in [1.29, 1.82) is 0 Å². The lowest BCUT2D eigenvalue weighted by Gasteiger charge is -2.38. The largest absolute Gasteiger partial charge is 0.508 e. The summed E-state index contributed by atoms with van der Waals surface area (Å²) in [4.78, 5) is 42.8. The third-order valence-electron chi connectivity index (χ3n) is 5.80. The van der Waals surface area contributed by atoms with Gasteiger partial charge in [-0.25, -0.2) is 4.39 Å². The summed E-state index contributed by atoms with van der Waals surface area (Å²) < 4.78 is 14.8. The van der Waals surface area contributed by atoms with Gasteiger partial charge in [-0.1, -0.05) is 28.1 Å². The van der Waals surface area contributed by atoms with E-state index in [0.717, 1.165) is 11.1 Å². The number of hydrogen-bond donors (Lipinski definition) is 1. The summed E-state index contributed by atoms with van der Waals surface area (Å²) in [7, 11) is 4.75. The van der Waals surface area contributed by atoms with Gasteiger partial charge in [0.1, 0.15) is 17.6 Å². The van der Waals surface area contributed by atoms with Crippen LogP contribution in [0.25, 0.3) is 0 Å². The highest BCUT2D eigenvalue weighted by Gasteiger charge is 2.36. The normalized spacial score (nSPS) is 15.1. The molecular weight excluding hydrogens is 493 g/mol. The molecule has 2 aromatic carbocycles. The lowest BCUT2D eigenvalue weighted by atomic mass is 9.92. The van der Waals surface area contributed by atoms with Crippen LogP contribution in [0.4, 0.5) is 4.39 Å². The van der Waals surface area contributed by atoms with Crippen molar-refractivity contribution >= 4 is 33.7 Å². The Hall–Kier alpha value is -2.94. The number of carbonyl (C=O) groups is 3. The molecule has 0 saturated heterocycles. The van der Waals surface area contributed by atoms with E-state index in [1.165, 1.54) is 27.8 Å². The number of halogens is 2. The highest BCUT2D eigenvalue weighted by Crippen LogP contribution is 2.28. The fourth-order valence-corrected chi connectivity index (χ4v) is 4.17. The van der Waals surface area contributed by atoms with Crippen molar-refractivity contribution in [3.8, 4) is 5.75 Å². The van der Waals surface area contributed by atoms with Gasteiger partial charge in [-0.3, -0.25) is 14.4 Å². The Morgan fingerprint density at radius 3 is 2.52 bits per heavy atom. The lowest BCUT2D eigenvalue weighted by molar-refractivity contribution is -0.148. The Balaban J connectivity index is 1.82. The maximum absolute atomic E-state index is 14.2. The van der Waals surface area contributed by atoms with Crippen LogP contribution < -0.4 is 0 Å². The molecule has 33 heavy (non-hydrogen) atoms. The van der Waals surface area contributed by atoms with Gasteiger partial charge in [0.2, 0.25) is 17.7 Å². The Labute approximate surface area is 200 Å². The van der Waals surface area contributed by atoms with E-state index in [9.17, 15) is 23.9 Å². The average molecular weight is 520 g/mol. The number of fused-ring (bicyclic) bond motifs is 1. The molecule has 1 atom stereocenters. The third-order valence-corrected chi connectivity index (χ3v) is 6.29. The van der Waals surface area contributed by atoms with E-state index in [1.807, 2.05) is 0 Å². The van der Waals surface area contributed by atoms with Crippen LogP contribution in [0.1, 0.15) is 23.1 Å². The van der Waals surface area contributed by atoms with E-state index in [0.29, 0.717) is 10.0 Å². The summed E-state index contributed by atoms with van der Waals surface area (Å²) in [6.07, 6.45) is 0.463. The number of amides is 3. The van der Waals surface area contributed by atoms with Crippen molar-refractivity contribution in [2.45, 2.75) is 31.8 Å². The molecular formula is C24H27BrFN3O4. The van der Waals surface area contributed by atoms with Crippen molar-refractivity contribution in [3.63, 3.8) is 0 Å². The van der Waals surface area contributed by atoms with Gasteiger partial charge in [0, 0.05) is 45.0 Å². The van der Waals surface area contributed by atoms with E-state index < -0.39 is 11.9 Å². The van der Waals surface area contributed by atoms with E-state index >= 15 is 0 Å². The first-order chi connectivity index (χ1) is 15.6. The predicted molar refractivity (Wildman–Crippen MR) is 125 cm³/mol. The van der Waals surface area contributed by atoms with Crippen LogP contribution in [0.2, 0.25) is 0 Å². The minimum atomic E-state index is -0.818. The molecule has 0 aliphatic carbocycles. The molecule has 0 radical (unpaired) electrons. The highest BCUT2D eigenvalue weighted by molar-refractivity contribution is 9.10. The Kier molecular flexibility index (Phi) is 7.73. The number of aromatic hydroxyl groups is 1. The number of carbonyl (C=O) groups excluding carboxylic acids is 3. The topological polar surface area (TPSA) is 81.2 Å². The summed E-state index contributed by atoms with van der Waals surface area (Å²) in [6, 6.07) is 8.76. The van der Waals surface area contributed by atoms with Crippen molar-refractivity contribution in [3.05, 3.63) is 63.4 Å². The van der Waals surface area contributed by atoms with Gasteiger partial charge in [0.15, 0.2) is 0 Å². The van der Waals surface area contributed by atoms with E-state index in [4.69, 9.17) is 0 Å². The minimum absolute atomic E-state index is 0.0378. The molecule has 2 aromatic rings. The standard InChI is InChI=1S/C24H27BrFN3O4/c1-27(2)23(32)14-28(3)24(33)21-11-17-10-19(30)8-5-16(17)13-29(21)22(31)9-6-15-4-7-18(25)12-20(15)26/h4-5,7-8,10,12,21,30H,6,9,11,13-14H2,1-3H3. The maximum atomic E-state index is 14.2. The first kappa shape index (κ1) is 24.7. The van der Waals surface area contributed by atoms with Gasteiger partial charge in [-0.2, -0.15) is 0 Å². The summed E-state index contributed by atoms with van der Waals surface area (Å²) in [6.45, 7) is 0.0878. The van der Waals surface area contributed by atoms with Crippen LogP contribution in [-0.2, 0) is 33.8 Å². The highest BCUT2D eigenvalue weighted by atomic mass is 79.9. The second-order valence-electron chi connectivity index (χ2n) is 8.41. The molecule has 0 fully saturated rings. The van der Waals surface area contributed by atoms with E-state index in [-0.39, 0.29) is 55.8 Å². The van der Waals surface area contributed by atoms with Crippen molar-refractivity contribution in [2.24, 2.45) is 0 Å². The predicted octanol–water partition coefficient (Wildman–Crippen LogP) is 2.73. The molecule has 1 N–H and O–H groups in total. The van der Waals surface area contributed by atoms with Gasteiger partial charge in [0.05, 0.1) is 6.54 Å². The minimum Gasteiger partial charge on any atom is -0.508 e. The zero-order valence-electron chi connectivity index (χ0n) is 18.8. The number of nitrogens with zero attached hydrogens (tertiary/aromatic N) is 3. The van der Waals surface area contributed by atoms with Gasteiger partial charge in [-0.05, 0) is 47.4 Å². The maximum Gasteiger partial charge on any atom is 0.245 e. The number of phenolic OH excluding ortho intramolecular Hbond substituents is 1. The SMILES string of the molecule is CN(C)C(=O)CN(C)C(=O)C1Cc2cc(O)ccc2CN1C(=O)CCc1ccc(Br)cc1F. The number of rotatable bonds is 6. The Morgan fingerprint density at radius 1 is 1.12 bits per heavy atom. The quantitative estimate of drug-likeness (QED) is 0.636. The fourth-order valence-electron chi connectivity index (χ4n) is 3.84. The molecule has 1 unspecified atom stereocenters. The molecule has 9 heteroatoms. The zero-order chi connectivity index (χ0) is 24.3. The second kappa shape index (κ2) is 10.3. The first-order valence-electron chi connectivity index (χ1n) is 10.6. The molecule has 0 aromatic heterocycles. The van der Waals surface area contributed by atoms with Crippen LogP contribution in [0.5, 0.6) is 5.75 Å². The van der Waals surface area contributed by atoms with Crippen LogP contribution in [0.15, 0.2) is 40.9 Å². The molecule has 1 aliphatic rings. The molecule has 3 rings (SSSR count). The molecule has 176 valence electrons. The summed E-state index contributed by atoms with van der Waals surface area (Å²) in [5, 5.41) is 9.87. The Morgan fingerprint density at radius 2 is 1.85 bits per heavy atom. The number of phenols is 1. The van der Waals surface area contributed by atoms with Crippen molar-refractivity contribution in [1.82, 2.24) is 14.7 Å². The van der Waals surface area contributed by atoms with Crippen LogP contribution in [0, 0.1) is 5.82 Å². The van der Waals surface area contributed by atoms with Crippen LogP contribution >= 0.6 is 15.9 Å². The van der Waals surface area contributed by atoms with Gasteiger partial charge in [-0.15, -0.1) is 0 Å². The first-order valence-corrected chi connectivity index (χ1v) is 11.4. The molecule has 0 bridgehead atoms. The zero-order valence-corrected chi connectivity index (χ0v) is 20.4. The summed E-state index contributed by atoms with van der Waals surface area (Å²) >= 11 is 3.22. The van der Waals surface area contributed by atoms with E-state index in [2.05, 4.69) is 15.9 Å². The molecule has 0 saturated carbocycles. The van der Waals surface area contributed by atoms with Crippen LogP contribution in [-0.4, -0.2) is 71.3 Å². The number of hydrogen-bond acceptors (Lipinski definition) is 4. The average Bonchev–Trinajstić information content (AvgIpc) is 2.76. The molecule has 0 spiro atoms. The second-order valence-corrected chi connectivity index (χ2v) is 9.33. The van der Waals surface area contributed by atoms with Crippen molar-refractivity contribution in [2.75, 3.05) is 27.7 Å². The molecule has 1 aliphatic heterocycles. The van der Waals surface area contributed by atoms with Crippen molar-refractivity contribution < 1.29 is 23.9 Å². The molecule has 7 nitrogen and oxygen atoms in total. The third kappa shape index (κ3) is 5.90. The van der Waals surface area contributed by atoms with Gasteiger partial charge < -0.3 is 19.8 Å². The lowest BCUT2D eigenvalue weighted by Crippen LogP contribution is -2.54. The number of benzene rings is 2. The van der Waals surface area contributed by atoms with Crippen LogP contribution in [0.3, 0.4) is 0 Å². The van der Waals surface area contributed by atoms with Gasteiger partial charge >= 0.3 is 0 Å². The molecule has 1 heterocycles. The molecule has 3 amide bonds. The Bertz CT molecular complexity index is 1080. The smallest absolute Gasteiger partial charge is 0.245 e. The number of likely N-dealkylation sites (N-methyl/N-ethyl adjacent to an activating group) is 2. The number of aryl methyl sites for hydroxylation is 1. The summed E-state index contributed by atoms with van der Waals surface area (Å²) in [5.74, 6) is -1.18. The summed E-state index contributed by atoms with van der Waals surface area (Å²) in [5.41, 5.74) is 2.04.